The van der Waals surface area contributed by atoms with Crippen molar-refractivity contribution in [1.29, 1.82) is 0 Å². The van der Waals surface area contributed by atoms with Crippen molar-refractivity contribution in [3.8, 4) is 16.9 Å². The number of hydrogen-bond acceptors (Lipinski definition) is 2. The lowest BCUT2D eigenvalue weighted by Gasteiger charge is -2.20. The number of methoxy groups -OCH3 is 1. The second-order valence-electron chi connectivity index (χ2n) is 4.84. The third kappa shape index (κ3) is 2.54. The molecular formula is C16H18O2. The summed E-state index contributed by atoms with van der Waals surface area (Å²) in [5.41, 5.74) is 2.11. The molecule has 0 saturated carbocycles. The third-order valence-corrected chi connectivity index (χ3v) is 2.99. The minimum atomic E-state index is -0.851. The first-order valence-corrected chi connectivity index (χ1v) is 5.98. The van der Waals surface area contributed by atoms with E-state index in [1.165, 1.54) is 0 Å². The maximum Gasteiger partial charge on any atom is 0.126 e. The predicted molar refractivity (Wildman–Crippen MR) is 73.7 cm³/mol. The van der Waals surface area contributed by atoms with E-state index in [9.17, 15) is 5.11 Å². The lowest BCUT2D eigenvalue weighted by atomic mass is 9.93. The molecule has 2 aromatic carbocycles. The van der Waals surface area contributed by atoms with Crippen LogP contribution in [0.4, 0.5) is 0 Å². The number of benzene rings is 2. The Morgan fingerprint density at radius 2 is 1.67 bits per heavy atom. The minimum absolute atomic E-state index is 0.814. The lowest BCUT2D eigenvalue weighted by molar-refractivity contribution is 0.0786. The Morgan fingerprint density at radius 1 is 1.00 bits per heavy atom. The molecule has 0 aliphatic rings. The zero-order valence-corrected chi connectivity index (χ0v) is 11.0. The van der Waals surface area contributed by atoms with Crippen LogP contribution in [0.25, 0.3) is 11.1 Å². The Hall–Kier alpha value is -1.80. The summed E-state index contributed by atoms with van der Waals surface area (Å²) >= 11 is 0. The van der Waals surface area contributed by atoms with Gasteiger partial charge in [0.25, 0.3) is 0 Å². The van der Waals surface area contributed by atoms with E-state index in [0.29, 0.717) is 0 Å². The Morgan fingerprint density at radius 3 is 2.22 bits per heavy atom. The second kappa shape index (κ2) is 4.83. The van der Waals surface area contributed by atoms with Crippen molar-refractivity contribution in [1.82, 2.24) is 0 Å². The molecule has 0 bridgehead atoms. The molecule has 94 valence electrons. The van der Waals surface area contributed by atoms with E-state index in [2.05, 4.69) is 0 Å². The summed E-state index contributed by atoms with van der Waals surface area (Å²) < 4.78 is 5.39. The minimum Gasteiger partial charge on any atom is -0.496 e. The zero-order chi connectivity index (χ0) is 13.2. The van der Waals surface area contributed by atoms with Gasteiger partial charge >= 0.3 is 0 Å². The van der Waals surface area contributed by atoms with E-state index in [-0.39, 0.29) is 0 Å². The van der Waals surface area contributed by atoms with Crippen LogP contribution in [0.3, 0.4) is 0 Å². The van der Waals surface area contributed by atoms with E-state index in [1.54, 1.807) is 21.0 Å². The van der Waals surface area contributed by atoms with Crippen molar-refractivity contribution in [3.63, 3.8) is 0 Å². The number of aliphatic hydroxyl groups is 1. The maximum atomic E-state index is 10.1. The lowest BCUT2D eigenvalue weighted by Crippen LogP contribution is -2.15. The van der Waals surface area contributed by atoms with Gasteiger partial charge < -0.3 is 9.84 Å². The highest BCUT2D eigenvalue weighted by Gasteiger charge is 2.18. The van der Waals surface area contributed by atoms with Gasteiger partial charge in [-0.05, 0) is 37.1 Å². The first kappa shape index (κ1) is 12.7. The monoisotopic (exact) mass is 242 g/mol. The van der Waals surface area contributed by atoms with Crippen LogP contribution in [0.2, 0.25) is 0 Å². The van der Waals surface area contributed by atoms with E-state index in [4.69, 9.17) is 4.74 Å². The summed E-state index contributed by atoms with van der Waals surface area (Å²) in [5.74, 6) is 0.814. The quantitative estimate of drug-likeness (QED) is 0.891. The van der Waals surface area contributed by atoms with Gasteiger partial charge in [-0.1, -0.05) is 36.4 Å². The smallest absolute Gasteiger partial charge is 0.126 e. The molecule has 0 spiro atoms. The second-order valence-corrected chi connectivity index (χ2v) is 4.84. The summed E-state index contributed by atoms with van der Waals surface area (Å²) in [5, 5.41) is 10.1. The standard InChI is InChI=1S/C16H18O2/c1-16(2,17)13-9-10-15(18-3)14(11-13)12-7-5-4-6-8-12/h4-11,17H,1-3H3. The Labute approximate surface area is 108 Å². The van der Waals surface area contributed by atoms with E-state index in [1.807, 2.05) is 48.5 Å². The fourth-order valence-electron chi connectivity index (χ4n) is 1.93. The van der Waals surface area contributed by atoms with Crippen LogP contribution in [-0.4, -0.2) is 12.2 Å². The Bertz CT molecular complexity index is 525. The maximum absolute atomic E-state index is 10.1. The van der Waals surface area contributed by atoms with Crippen LogP contribution < -0.4 is 4.74 Å². The topological polar surface area (TPSA) is 29.5 Å². The van der Waals surface area contributed by atoms with Crippen molar-refractivity contribution in [2.75, 3.05) is 7.11 Å². The van der Waals surface area contributed by atoms with Crippen LogP contribution in [-0.2, 0) is 5.60 Å². The van der Waals surface area contributed by atoms with Crippen molar-refractivity contribution >= 4 is 0 Å². The van der Waals surface area contributed by atoms with Gasteiger partial charge in [0.05, 0.1) is 12.7 Å². The first-order chi connectivity index (χ1) is 8.52. The summed E-state index contributed by atoms with van der Waals surface area (Å²) in [6, 6.07) is 15.8. The van der Waals surface area contributed by atoms with Crippen LogP contribution in [0, 0.1) is 0 Å². The molecule has 0 fully saturated rings. The van der Waals surface area contributed by atoms with Crippen LogP contribution in [0.15, 0.2) is 48.5 Å². The van der Waals surface area contributed by atoms with Gasteiger partial charge in [-0.25, -0.2) is 0 Å². The summed E-state index contributed by atoms with van der Waals surface area (Å²) in [6.07, 6.45) is 0. The van der Waals surface area contributed by atoms with E-state index >= 15 is 0 Å². The SMILES string of the molecule is COc1ccc(C(C)(C)O)cc1-c1ccccc1. The average molecular weight is 242 g/mol. The van der Waals surface area contributed by atoms with Gasteiger partial charge in [0, 0.05) is 5.56 Å². The van der Waals surface area contributed by atoms with Crippen molar-refractivity contribution in [3.05, 3.63) is 54.1 Å². The molecule has 0 aromatic heterocycles. The summed E-state index contributed by atoms with van der Waals surface area (Å²) in [4.78, 5) is 0. The molecule has 2 nitrogen and oxygen atoms in total. The Kier molecular flexibility index (Phi) is 3.39. The molecule has 0 radical (unpaired) electrons. The van der Waals surface area contributed by atoms with Gasteiger partial charge in [0.1, 0.15) is 5.75 Å². The van der Waals surface area contributed by atoms with Gasteiger partial charge in [-0.3, -0.25) is 0 Å². The highest BCUT2D eigenvalue weighted by atomic mass is 16.5. The van der Waals surface area contributed by atoms with E-state index < -0.39 is 5.60 Å². The van der Waals surface area contributed by atoms with Gasteiger partial charge in [0.15, 0.2) is 0 Å². The molecule has 0 aliphatic heterocycles. The fraction of sp³-hybridized carbons (Fsp3) is 0.250. The molecule has 0 heterocycles. The predicted octanol–water partition coefficient (Wildman–Crippen LogP) is 3.59. The van der Waals surface area contributed by atoms with Crippen LogP contribution >= 0.6 is 0 Å². The van der Waals surface area contributed by atoms with Gasteiger partial charge in [0.2, 0.25) is 0 Å². The number of hydrogen-bond donors (Lipinski definition) is 1. The molecule has 18 heavy (non-hydrogen) atoms. The molecule has 2 rings (SSSR count). The molecule has 0 saturated heterocycles. The van der Waals surface area contributed by atoms with Gasteiger partial charge in [-0.15, -0.1) is 0 Å². The molecule has 2 aromatic rings. The molecule has 2 heteroatoms. The summed E-state index contributed by atoms with van der Waals surface area (Å²) in [6.45, 7) is 3.56. The molecule has 0 aliphatic carbocycles. The van der Waals surface area contributed by atoms with Crippen LogP contribution in [0.1, 0.15) is 19.4 Å². The molecule has 0 amide bonds. The average Bonchev–Trinajstić information content (AvgIpc) is 2.38. The largest absolute Gasteiger partial charge is 0.496 e. The fourth-order valence-corrected chi connectivity index (χ4v) is 1.93. The zero-order valence-electron chi connectivity index (χ0n) is 11.0. The summed E-state index contributed by atoms with van der Waals surface area (Å²) in [7, 11) is 1.66. The number of ether oxygens (including phenoxy) is 1. The van der Waals surface area contributed by atoms with E-state index in [0.717, 1.165) is 22.4 Å². The van der Waals surface area contributed by atoms with Crippen molar-refractivity contribution in [2.45, 2.75) is 19.4 Å². The third-order valence-electron chi connectivity index (χ3n) is 2.99. The van der Waals surface area contributed by atoms with Gasteiger partial charge in [-0.2, -0.15) is 0 Å². The molecule has 0 unspecified atom stereocenters. The molecular weight excluding hydrogens is 224 g/mol. The normalized spacial score (nSPS) is 11.3. The molecule has 0 atom stereocenters. The first-order valence-electron chi connectivity index (χ1n) is 5.98. The number of rotatable bonds is 3. The highest BCUT2D eigenvalue weighted by Crippen LogP contribution is 2.33. The highest BCUT2D eigenvalue weighted by molar-refractivity contribution is 5.71. The van der Waals surface area contributed by atoms with Crippen LogP contribution in [0.5, 0.6) is 5.75 Å². The van der Waals surface area contributed by atoms with Crippen molar-refractivity contribution in [2.24, 2.45) is 0 Å². The Balaban J connectivity index is 2.57. The van der Waals surface area contributed by atoms with Crippen molar-refractivity contribution < 1.29 is 9.84 Å². The molecule has 1 N–H and O–H groups in total.